The van der Waals surface area contributed by atoms with E-state index < -0.39 is 66.7 Å². The van der Waals surface area contributed by atoms with Crippen LogP contribution in [0.25, 0.3) is 0 Å². The Morgan fingerprint density at radius 2 is 1.68 bits per heavy atom. The third-order valence-corrected chi connectivity index (χ3v) is 7.21. The van der Waals surface area contributed by atoms with Gasteiger partial charge in [-0.15, -0.1) is 0 Å². The Kier molecular flexibility index (Phi) is 11.5. The minimum Gasteiger partial charge on any atom is -0.491 e. The summed E-state index contributed by atoms with van der Waals surface area (Å²) in [6, 6.07) is 2.47. The van der Waals surface area contributed by atoms with Crippen molar-refractivity contribution >= 4 is 29.5 Å². The van der Waals surface area contributed by atoms with Crippen LogP contribution in [0.3, 0.4) is 0 Å². The fraction of sp³-hybridized carbons (Fsp3) is 0.607. The number of hydrogen-bond donors (Lipinski definition) is 5. The predicted molar refractivity (Wildman–Crippen MR) is 150 cm³/mol. The highest BCUT2D eigenvalue weighted by atomic mass is 16.5. The van der Waals surface area contributed by atoms with Crippen LogP contribution in [0.4, 0.5) is 0 Å². The average molecular weight is 575 g/mol. The van der Waals surface area contributed by atoms with Crippen molar-refractivity contribution in [2.45, 2.75) is 58.3 Å². The Morgan fingerprint density at radius 3 is 2.32 bits per heavy atom. The van der Waals surface area contributed by atoms with Gasteiger partial charge in [0.1, 0.15) is 30.5 Å². The van der Waals surface area contributed by atoms with Crippen molar-refractivity contribution < 1.29 is 33.8 Å². The molecule has 0 aromatic heterocycles. The summed E-state index contributed by atoms with van der Waals surface area (Å²) in [7, 11) is 0. The summed E-state index contributed by atoms with van der Waals surface area (Å²) >= 11 is 0. The number of likely N-dealkylation sites (N-methyl/N-ethyl adjacent to an activating group) is 1. The molecule has 2 aliphatic rings. The molecule has 1 fully saturated rings. The monoisotopic (exact) mass is 574 g/mol. The highest BCUT2D eigenvalue weighted by molar-refractivity contribution is 6.01. The van der Waals surface area contributed by atoms with Crippen LogP contribution in [0.15, 0.2) is 24.3 Å². The van der Waals surface area contributed by atoms with Gasteiger partial charge >= 0.3 is 0 Å². The quantitative estimate of drug-likeness (QED) is 0.300. The Hall–Kier alpha value is -3.71. The third-order valence-electron chi connectivity index (χ3n) is 7.21. The largest absolute Gasteiger partial charge is 0.491 e. The van der Waals surface area contributed by atoms with Crippen LogP contribution in [-0.2, 0) is 19.2 Å². The van der Waals surface area contributed by atoms with E-state index in [-0.39, 0.29) is 23.8 Å². The summed E-state index contributed by atoms with van der Waals surface area (Å²) in [5.74, 6) is -3.03. The molecule has 13 heteroatoms. The lowest BCUT2D eigenvalue weighted by Gasteiger charge is -2.36. The van der Waals surface area contributed by atoms with Crippen LogP contribution in [0.2, 0.25) is 0 Å². The lowest BCUT2D eigenvalue weighted by Crippen LogP contribution is -2.58. The fourth-order valence-corrected chi connectivity index (χ4v) is 4.73. The highest BCUT2D eigenvalue weighted by Gasteiger charge is 2.34. The number of carbonyl (C=O) groups is 5. The van der Waals surface area contributed by atoms with Gasteiger partial charge in [0.15, 0.2) is 0 Å². The zero-order chi connectivity index (χ0) is 30.1. The number of nitrogens with one attached hydrogen (secondary N) is 4. The van der Waals surface area contributed by atoms with E-state index in [1.54, 1.807) is 49.9 Å². The summed E-state index contributed by atoms with van der Waals surface area (Å²) in [5, 5.41) is 20.4. The molecule has 0 radical (unpaired) electrons. The van der Waals surface area contributed by atoms with Gasteiger partial charge in [-0.3, -0.25) is 24.0 Å². The van der Waals surface area contributed by atoms with E-state index in [0.29, 0.717) is 26.2 Å². The van der Waals surface area contributed by atoms with Gasteiger partial charge in [0.25, 0.3) is 5.91 Å². The molecule has 226 valence electrons. The second-order valence-electron chi connectivity index (χ2n) is 10.7. The van der Waals surface area contributed by atoms with E-state index in [1.807, 2.05) is 6.92 Å². The van der Waals surface area contributed by atoms with E-state index >= 15 is 0 Å². The van der Waals surface area contributed by atoms with Gasteiger partial charge in [-0.05, 0) is 31.5 Å². The molecule has 2 aliphatic heterocycles. The molecule has 41 heavy (non-hydrogen) atoms. The van der Waals surface area contributed by atoms with Crippen LogP contribution in [0.5, 0.6) is 5.75 Å². The number of rotatable bonds is 4. The maximum absolute atomic E-state index is 13.6. The van der Waals surface area contributed by atoms with Crippen molar-refractivity contribution in [2.75, 3.05) is 45.9 Å². The van der Waals surface area contributed by atoms with Crippen molar-refractivity contribution in [2.24, 2.45) is 5.92 Å². The zero-order valence-corrected chi connectivity index (χ0v) is 24.1. The maximum Gasteiger partial charge on any atom is 0.255 e. The van der Waals surface area contributed by atoms with Crippen molar-refractivity contribution in [3.05, 3.63) is 29.8 Å². The first-order valence-electron chi connectivity index (χ1n) is 14.1. The van der Waals surface area contributed by atoms with E-state index in [2.05, 4.69) is 26.2 Å². The van der Waals surface area contributed by atoms with Gasteiger partial charge in [-0.2, -0.15) is 0 Å². The Bertz CT molecular complexity index is 1110. The molecular formula is C28H42N6O7. The number of ether oxygens (including phenoxy) is 1. The normalized spacial score (nSPS) is 25.7. The van der Waals surface area contributed by atoms with E-state index in [1.165, 1.54) is 0 Å². The number of para-hydroxylation sites is 1. The number of nitrogens with zero attached hydrogens (tertiary/aromatic N) is 2. The zero-order valence-electron chi connectivity index (χ0n) is 24.1. The number of aliphatic hydroxyl groups excluding tert-OH is 1. The third kappa shape index (κ3) is 8.64. The molecule has 2 heterocycles. The lowest BCUT2D eigenvalue weighted by molar-refractivity contribution is -0.138. The molecular weight excluding hydrogens is 532 g/mol. The molecule has 0 spiro atoms. The summed E-state index contributed by atoms with van der Waals surface area (Å²) in [6.45, 7) is 9.63. The Morgan fingerprint density at radius 1 is 1.00 bits per heavy atom. The molecule has 1 saturated heterocycles. The number of aliphatic hydroxyl groups is 1. The number of benzene rings is 1. The van der Waals surface area contributed by atoms with E-state index in [9.17, 15) is 29.1 Å². The Labute approximate surface area is 240 Å². The summed E-state index contributed by atoms with van der Waals surface area (Å²) < 4.78 is 5.88. The van der Waals surface area contributed by atoms with Gasteiger partial charge in [0.05, 0.1) is 24.6 Å². The van der Waals surface area contributed by atoms with Crippen molar-refractivity contribution in [1.82, 2.24) is 31.1 Å². The molecule has 1 aromatic rings. The molecule has 13 nitrogen and oxygen atoms in total. The van der Waals surface area contributed by atoms with E-state index in [0.717, 1.165) is 6.54 Å². The van der Waals surface area contributed by atoms with Gasteiger partial charge in [-0.1, -0.05) is 32.9 Å². The number of amides is 5. The minimum atomic E-state index is -1.37. The lowest BCUT2D eigenvalue weighted by atomic mass is 10.0. The van der Waals surface area contributed by atoms with Crippen LogP contribution >= 0.6 is 0 Å². The number of carbonyl (C=O) groups excluding carboxylic acids is 5. The molecule has 5 amide bonds. The Balaban J connectivity index is 1.92. The first-order valence-corrected chi connectivity index (χ1v) is 14.1. The molecule has 3 rings (SSSR count). The molecule has 0 aliphatic carbocycles. The minimum absolute atomic E-state index is 0.0260. The van der Waals surface area contributed by atoms with Crippen LogP contribution in [0, 0.1) is 5.92 Å². The second kappa shape index (κ2) is 14.8. The molecule has 4 atom stereocenters. The summed E-state index contributed by atoms with van der Waals surface area (Å²) in [6.07, 6.45) is -0.462. The number of fused-ring (bicyclic) bond motifs is 1. The number of piperazine rings is 1. The van der Waals surface area contributed by atoms with Gasteiger partial charge < -0.3 is 40.9 Å². The van der Waals surface area contributed by atoms with E-state index in [4.69, 9.17) is 4.74 Å². The predicted octanol–water partition coefficient (Wildman–Crippen LogP) is -1.15. The van der Waals surface area contributed by atoms with Crippen molar-refractivity contribution in [3.8, 4) is 5.75 Å². The van der Waals surface area contributed by atoms with Crippen LogP contribution in [-0.4, -0.2) is 115 Å². The first kappa shape index (κ1) is 31.8. The smallest absolute Gasteiger partial charge is 0.255 e. The molecule has 5 N–H and O–H groups in total. The van der Waals surface area contributed by atoms with Crippen LogP contribution < -0.4 is 26.0 Å². The first-order chi connectivity index (χ1) is 19.5. The molecule has 0 saturated carbocycles. The maximum atomic E-state index is 13.6. The van der Waals surface area contributed by atoms with Crippen molar-refractivity contribution in [3.63, 3.8) is 0 Å². The van der Waals surface area contributed by atoms with Gasteiger partial charge in [0.2, 0.25) is 23.6 Å². The average Bonchev–Trinajstić information content (AvgIpc) is 2.96. The molecule has 0 bridgehead atoms. The topological polar surface area (TPSA) is 169 Å². The molecule has 0 unspecified atom stereocenters. The SMILES string of the molecule is CCN1CCN(C(=O)[C@@H]2CC(=O)N[C@@H](CO)C(=O)N[C@H](C(C)C)C(=O)N[C@@H](C)COc3ccccc3C(=O)N2)CC1. The van der Waals surface area contributed by atoms with Crippen LogP contribution in [0.1, 0.15) is 44.5 Å². The fourth-order valence-electron chi connectivity index (χ4n) is 4.73. The summed E-state index contributed by atoms with van der Waals surface area (Å²) in [4.78, 5) is 69.8. The number of hydrogen-bond acceptors (Lipinski definition) is 8. The summed E-state index contributed by atoms with van der Waals surface area (Å²) in [5.41, 5.74) is 0.162. The van der Waals surface area contributed by atoms with Crippen molar-refractivity contribution in [1.29, 1.82) is 0 Å². The highest BCUT2D eigenvalue weighted by Crippen LogP contribution is 2.19. The standard InChI is InChI=1S/C28H42N6O7/c1-5-33-10-12-34(13-11-33)28(40)20-14-23(36)30-21(15-35)26(38)32-24(17(2)3)27(39)29-18(4)16-41-22-9-7-6-8-19(22)25(37)31-20/h6-9,17-18,20-21,24,35H,5,10-16H2,1-4H3,(H,29,39)(H,30,36)(H,31,37)(H,32,38)/t18-,20-,21-,24+/m0/s1. The second-order valence-corrected chi connectivity index (χ2v) is 10.7. The molecule has 1 aromatic carbocycles. The van der Waals surface area contributed by atoms with Gasteiger partial charge in [-0.25, -0.2) is 0 Å². The van der Waals surface area contributed by atoms with Gasteiger partial charge in [0, 0.05) is 26.2 Å².